The summed E-state index contributed by atoms with van der Waals surface area (Å²) in [5.74, 6) is 0.926. The summed E-state index contributed by atoms with van der Waals surface area (Å²) in [4.78, 5) is 123. The topological polar surface area (TPSA) is 339 Å². The first kappa shape index (κ1) is 93.1. The Morgan fingerprint density at radius 1 is 0.241 bits per heavy atom. The van der Waals surface area contributed by atoms with Crippen molar-refractivity contribution in [3.05, 3.63) is 462 Å². The van der Waals surface area contributed by atoms with Gasteiger partial charge in [-0.1, -0.05) is 95.5 Å². The zero-order valence-electron chi connectivity index (χ0n) is 70.2. The van der Waals surface area contributed by atoms with Gasteiger partial charge >= 0.3 is 0 Å². The lowest BCUT2D eigenvalue weighted by Crippen LogP contribution is -2.13. The molecule has 654 valence electrons. The van der Waals surface area contributed by atoms with Gasteiger partial charge in [0, 0.05) is 151 Å². The predicted octanol–water partition coefficient (Wildman–Crippen LogP) is 22.6. The third-order valence-electron chi connectivity index (χ3n) is 18.7. The number of methoxy groups -OCH3 is 1. The van der Waals surface area contributed by atoms with Crippen molar-refractivity contribution in [2.45, 2.75) is 0 Å². The van der Waals surface area contributed by atoms with Gasteiger partial charge in [0.1, 0.15) is 52.3 Å². The number of carbonyl (C=O) groups is 6. The van der Waals surface area contributed by atoms with Crippen molar-refractivity contribution < 1.29 is 42.3 Å². The molecule has 0 radical (unpaired) electrons. The summed E-state index contributed by atoms with van der Waals surface area (Å²) in [6.45, 7) is 0. The maximum absolute atomic E-state index is 13.1. The Kier molecular flexibility index (Phi) is 33.5. The Balaban J connectivity index is 0.000000136. The van der Waals surface area contributed by atoms with Crippen LogP contribution in [0.2, 0.25) is 15.1 Å². The van der Waals surface area contributed by atoms with E-state index in [-0.39, 0.29) is 45.9 Å². The van der Waals surface area contributed by atoms with E-state index < -0.39 is 11.7 Å². The molecule has 30 heteroatoms. The maximum Gasteiger partial charge on any atom is 0.256 e. The van der Waals surface area contributed by atoms with Gasteiger partial charge in [-0.15, -0.1) is 0 Å². The van der Waals surface area contributed by atoms with Crippen LogP contribution in [0.3, 0.4) is 0 Å². The highest BCUT2D eigenvalue weighted by molar-refractivity contribution is 6.32. The van der Waals surface area contributed by atoms with Crippen LogP contribution in [-0.4, -0.2) is 102 Å². The van der Waals surface area contributed by atoms with E-state index in [1.54, 1.807) is 203 Å². The van der Waals surface area contributed by atoms with Crippen molar-refractivity contribution in [2.24, 2.45) is 0 Å². The van der Waals surface area contributed by atoms with Crippen molar-refractivity contribution >= 4 is 105 Å². The summed E-state index contributed by atoms with van der Waals surface area (Å²) in [6, 6.07) is 94.0. The van der Waals surface area contributed by atoms with E-state index in [1.807, 2.05) is 164 Å². The number of nitrogens with one attached hydrogen (secondary N) is 6. The Morgan fingerprint density at radius 2 is 0.496 bits per heavy atom. The monoisotopic (exact) mass is 1820 g/mol. The molecule has 0 saturated heterocycles. The van der Waals surface area contributed by atoms with E-state index in [2.05, 4.69) is 91.7 Å². The maximum atomic E-state index is 13.1. The fourth-order valence-electron chi connectivity index (χ4n) is 11.8. The van der Waals surface area contributed by atoms with Crippen molar-refractivity contribution in [2.75, 3.05) is 39.0 Å². The largest absolute Gasteiger partial charge is 0.497 e. The first-order valence-corrected chi connectivity index (χ1v) is 41.6. The smallest absolute Gasteiger partial charge is 0.256 e. The molecule has 0 atom stereocenters. The van der Waals surface area contributed by atoms with Crippen LogP contribution in [0.5, 0.6) is 5.75 Å². The van der Waals surface area contributed by atoms with Gasteiger partial charge in [-0.25, -0.2) is 38.7 Å². The van der Waals surface area contributed by atoms with Crippen LogP contribution in [0.1, 0.15) is 62.1 Å². The van der Waals surface area contributed by atoms with Crippen LogP contribution in [0.15, 0.2) is 402 Å². The van der Waals surface area contributed by atoms with Gasteiger partial charge in [0.25, 0.3) is 35.4 Å². The predicted molar refractivity (Wildman–Crippen MR) is 513 cm³/mol. The molecule has 25 nitrogen and oxygen atoms in total. The van der Waals surface area contributed by atoms with Gasteiger partial charge in [0.15, 0.2) is 0 Å². The lowest BCUT2D eigenvalue weighted by atomic mass is 10.2. The van der Waals surface area contributed by atoms with Crippen LogP contribution < -0.4 is 36.6 Å². The highest BCUT2D eigenvalue weighted by atomic mass is 35.5. The summed E-state index contributed by atoms with van der Waals surface area (Å²) >= 11 is 17.4. The standard InChI is InChI=1S/C18H15N3O2.C17H11ClFN3O.2C17H12ClN3O.C17H12FN3O.C17H13N3O/c1-23-15-8-5-13(6-9-15)18(22)21-17-10-7-14(12-20-17)16-4-2-3-11-19-16;18-13-9-11(4-6-14(13)19)17(23)22-16-7-5-12(10-21-16)15-3-1-2-8-20-15;18-14-5-3-4-12(10-14)17(22)21-16-8-7-13(11-20-16)15-6-1-2-9-19-15;2*18-14-7-4-12(5-8-14)17(22)21-16-9-6-13(11-20-16)15-3-1-2-10-19-15;21-17(13-6-2-1-3-7-13)20-16-10-9-14(12-19-16)15-8-4-5-11-18-15/h2-12H,1H3,(H,20,21,22);1-10H,(H,21,22,23);3*1-11H,(H,20,21,22);1-12H,(H,19,20,21). The quantitative estimate of drug-likeness (QED) is 0.0438. The molecule has 0 aliphatic heterocycles. The highest BCUT2D eigenvalue weighted by Crippen LogP contribution is 2.26. The van der Waals surface area contributed by atoms with E-state index in [1.165, 1.54) is 36.4 Å². The van der Waals surface area contributed by atoms with Gasteiger partial charge in [0.05, 0.1) is 46.3 Å². The second-order valence-electron chi connectivity index (χ2n) is 27.9. The molecule has 0 spiro atoms. The minimum atomic E-state index is -0.568. The number of rotatable bonds is 19. The SMILES string of the molecule is COc1ccc(C(=O)Nc2ccc(-c3ccccn3)cn2)cc1.O=C(Nc1ccc(-c2ccccn2)cn1)c1ccc(Cl)cc1.O=C(Nc1ccc(-c2ccccn2)cn1)c1ccc(F)c(Cl)c1.O=C(Nc1ccc(-c2ccccn2)cn1)c1ccc(F)cc1.O=C(Nc1ccc(-c2ccccn2)cn1)c1cccc(Cl)c1.O=C(Nc1ccc(-c2ccccn2)cn1)c1ccccc1. The zero-order chi connectivity index (χ0) is 92.9. The lowest BCUT2D eigenvalue weighted by molar-refractivity contribution is 0.101. The van der Waals surface area contributed by atoms with E-state index in [0.29, 0.717) is 78.5 Å². The molecule has 6 aromatic carbocycles. The average molecular weight is 1820 g/mol. The van der Waals surface area contributed by atoms with Crippen LogP contribution in [0.4, 0.5) is 43.7 Å². The third-order valence-corrected chi connectivity index (χ3v) is 19.4. The van der Waals surface area contributed by atoms with Crippen LogP contribution in [0.25, 0.3) is 67.5 Å². The number of halogens is 5. The molecule has 6 N–H and O–H groups in total. The summed E-state index contributed by atoms with van der Waals surface area (Å²) < 4.78 is 31.0. The lowest BCUT2D eigenvalue weighted by Gasteiger charge is -2.06. The number of pyridine rings is 12. The zero-order valence-corrected chi connectivity index (χ0v) is 72.5. The van der Waals surface area contributed by atoms with Gasteiger partial charge in [-0.3, -0.25) is 58.7 Å². The summed E-state index contributed by atoms with van der Waals surface area (Å²) in [5, 5.41) is 17.3. The minimum Gasteiger partial charge on any atom is -0.497 e. The molecular weight excluding hydrogens is 1750 g/mol. The molecule has 6 amide bonds. The Morgan fingerprint density at radius 3 is 0.759 bits per heavy atom. The molecule has 18 rings (SSSR count). The summed E-state index contributed by atoms with van der Waals surface area (Å²) in [7, 11) is 1.59. The molecule has 18 aromatic rings. The average Bonchev–Trinajstić information content (AvgIpc) is 0.851. The van der Waals surface area contributed by atoms with Crippen molar-refractivity contribution in [1.29, 1.82) is 0 Å². The van der Waals surface area contributed by atoms with Crippen molar-refractivity contribution in [3.8, 4) is 73.3 Å². The van der Waals surface area contributed by atoms with E-state index in [0.717, 1.165) is 73.6 Å². The fraction of sp³-hybridized carbons (Fsp3) is 0.00971. The number of aromatic nitrogens is 12. The van der Waals surface area contributed by atoms with E-state index >= 15 is 0 Å². The van der Waals surface area contributed by atoms with Crippen molar-refractivity contribution in [1.82, 2.24) is 59.8 Å². The van der Waals surface area contributed by atoms with E-state index in [4.69, 9.17) is 39.5 Å². The third kappa shape index (κ3) is 28.5. The molecule has 0 aliphatic carbocycles. The molecule has 133 heavy (non-hydrogen) atoms. The Hall–Kier alpha value is -17.5. The number of carbonyl (C=O) groups excluding carboxylic acids is 6. The number of amides is 6. The number of nitrogens with zero attached hydrogens (tertiary/aromatic N) is 12. The Bertz CT molecular complexity index is 6700. The van der Waals surface area contributed by atoms with Gasteiger partial charge in [0.2, 0.25) is 0 Å². The second kappa shape index (κ2) is 47.9. The normalized spacial score (nSPS) is 10.2. The summed E-state index contributed by atoms with van der Waals surface area (Å²) in [6.07, 6.45) is 20.3. The number of anilines is 6. The molecule has 0 bridgehead atoms. The molecule has 0 fully saturated rings. The summed E-state index contributed by atoms with van der Waals surface area (Å²) in [5.41, 5.74) is 13.1. The number of hydrogen-bond donors (Lipinski definition) is 6. The molecule has 12 aromatic heterocycles. The molecule has 0 aliphatic rings. The minimum absolute atomic E-state index is 0.101. The van der Waals surface area contributed by atoms with Crippen LogP contribution >= 0.6 is 34.8 Å². The van der Waals surface area contributed by atoms with Gasteiger partial charge in [-0.2, -0.15) is 0 Å². The fourth-order valence-corrected chi connectivity index (χ4v) is 12.3. The Labute approximate surface area is 776 Å². The number of benzene rings is 6. The first-order chi connectivity index (χ1) is 64.9. The highest BCUT2D eigenvalue weighted by Gasteiger charge is 2.16. The van der Waals surface area contributed by atoms with E-state index in [9.17, 15) is 37.5 Å². The number of hydrogen-bond acceptors (Lipinski definition) is 19. The van der Waals surface area contributed by atoms with Gasteiger partial charge < -0.3 is 36.6 Å². The molecule has 12 heterocycles. The second-order valence-corrected chi connectivity index (χ2v) is 29.1. The van der Waals surface area contributed by atoms with Gasteiger partial charge in [-0.05, 0) is 267 Å². The van der Waals surface area contributed by atoms with Crippen molar-refractivity contribution in [3.63, 3.8) is 0 Å². The van der Waals surface area contributed by atoms with Crippen LogP contribution in [0, 0.1) is 11.6 Å². The van der Waals surface area contributed by atoms with Crippen LogP contribution in [-0.2, 0) is 0 Å². The molecule has 0 saturated carbocycles. The molecular formula is C103H75Cl3F2N18O7. The first-order valence-electron chi connectivity index (χ1n) is 40.4. The molecule has 0 unspecified atom stereocenters. The number of ether oxygens (including phenoxy) is 1.